The molecule has 1 aliphatic heterocycles. The van der Waals surface area contributed by atoms with E-state index < -0.39 is 5.97 Å². The molecule has 0 saturated heterocycles. The molecule has 1 aromatic rings. The highest BCUT2D eigenvalue weighted by Gasteiger charge is 2.22. The van der Waals surface area contributed by atoms with Gasteiger partial charge < -0.3 is 15.7 Å². The van der Waals surface area contributed by atoms with Gasteiger partial charge in [0.05, 0.1) is 10.9 Å². The van der Waals surface area contributed by atoms with Crippen LogP contribution in [0.4, 0.5) is 11.4 Å². The summed E-state index contributed by atoms with van der Waals surface area (Å²) in [5.41, 5.74) is 1.41. The molecular weight excluding hydrogens is 240 g/mol. The van der Waals surface area contributed by atoms with Crippen LogP contribution in [0.25, 0.3) is 0 Å². The average Bonchev–Trinajstić information content (AvgIpc) is 2.28. The maximum Gasteiger partial charge on any atom is 0.322 e. The lowest BCUT2D eigenvalue weighted by Crippen LogP contribution is -2.26. The number of nitrogens with one attached hydrogen (secondary N) is 2. The highest BCUT2D eigenvalue weighted by atomic mass is 32.2. The lowest BCUT2D eigenvalue weighted by Gasteiger charge is -2.21. The molecule has 0 spiro atoms. The van der Waals surface area contributed by atoms with Crippen LogP contribution in [-0.4, -0.2) is 28.8 Å². The third kappa shape index (κ3) is 2.71. The van der Waals surface area contributed by atoms with Gasteiger partial charge in [-0.15, -0.1) is 11.8 Å². The predicted molar refractivity (Wildman–Crippen MR) is 66.5 cm³/mol. The van der Waals surface area contributed by atoms with Gasteiger partial charge in [0.1, 0.15) is 6.54 Å². The molecule has 0 radical (unpaired) electrons. The Balaban J connectivity index is 2.17. The molecule has 0 aromatic heterocycles. The molecule has 0 aliphatic carbocycles. The summed E-state index contributed by atoms with van der Waals surface area (Å²) in [6.07, 6.45) is 0. The van der Waals surface area contributed by atoms with Gasteiger partial charge in [0, 0.05) is 10.6 Å². The van der Waals surface area contributed by atoms with Crippen LogP contribution < -0.4 is 10.6 Å². The van der Waals surface area contributed by atoms with E-state index in [2.05, 4.69) is 10.6 Å². The van der Waals surface area contributed by atoms with Gasteiger partial charge in [-0.3, -0.25) is 9.59 Å². The number of carbonyl (C=O) groups excluding carboxylic acids is 1. The number of aliphatic carboxylic acids is 1. The normalized spacial score (nSPS) is 18.2. The lowest BCUT2D eigenvalue weighted by molar-refractivity contribution is -0.135. The minimum absolute atomic E-state index is 0.0297. The zero-order valence-corrected chi connectivity index (χ0v) is 10.0. The Morgan fingerprint density at radius 1 is 1.59 bits per heavy atom. The number of hydrogen-bond acceptors (Lipinski definition) is 4. The van der Waals surface area contributed by atoms with Crippen LogP contribution >= 0.6 is 11.8 Å². The molecule has 3 N–H and O–H groups in total. The van der Waals surface area contributed by atoms with Crippen molar-refractivity contribution >= 4 is 35.0 Å². The van der Waals surface area contributed by atoms with E-state index in [-0.39, 0.29) is 17.7 Å². The maximum atomic E-state index is 11.5. The standard InChI is InChI=1S/C11H12N2O3S/c1-6-11(16)13-8-4-7(12-5-10(14)15)2-3-9(8)17-6/h2-4,6,12H,5H2,1H3,(H,13,16)(H,14,15). The summed E-state index contributed by atoms with van der Waals surface area (Å²) in [7, 11) is 0. The zero-order valence-electron chi connectivity index (χ0n) is 9.19. The van der Waals surface area contributed by atoms with Gasteiger partial charge in [-0.2, -0.15) is 0 Å². The van der Waals surface area contributed by atoms with Crippen molar-refractivity contribution in [2.75, 3.05) is 17.2 Å². The molecule has 0 fully saturated rings. The van der Waals surface area contributed by atoms with Crippen LogP contribution in [0, 0.1) is 0 Å². The van der Waals surface area contributed by atoms with Gasteiger partial charge in [0.2, 0.25) is 5.91 Å². The van der Waals surface area contributed by atoms with Crippen molar-refractivity contribution in [1.82, 2.24) is 0 Å². The summed E-state index contributed by atoms with van der Waals surface area (Å²) in [5.74, 6) is -0.951. The molecule has 1 atom stereocenters. The minimum atomic E-state index is -0.922. The Hall–Kier alpha value is -1.69. The minimum Gasteiger partial charge on any atom is -0.480 e. The number of carboxylic acid groups (broad SMARTS) is 1. The van der Waals surface area contributed by atoms with Crippen LogP contribution in [0.5, 0.6) is 0 Å². The summed E-state index contributed by atoms with van der Waals surface area (Å²) in [6.45, 7) is 1.70. The number of benzene rings is 1. The van der Waals surface area contributed by atoms with Gasteiger partial charge in [0.15, 0.2) is 0 Å². The molecule has 1 aliphatic rings. The summed E-state index contributed by atoms with van der Waals surface area (Å²) >= 11 is 1.50. The predicted octanol–water partition coefficient (Wildman–Crippen LogP) is 1.62. The van der Waals surface area contributed by atoms with Crippen LogP contribution in [0.3, 0.4) is 0 Å². The number of anilines is 2. The van der Waals surface area contributed by atoms with Gasteiger partial charge in [-0.1, -0.05) is 0 Å². The van der Waals surface area contributed by atoms with Gasteiger partial charge in [-0.05, 0) is 25.1 Å². The third-order valence-electron chi connectivity index (χ3n) is 2.35. The summed E-state index contributed by atoms with van der Waals surface area (Å²) in [4.78, 5) is 22.9. The number of carboxylic acids is 1. The van der Waals surface area contributed by atoms with Crippen LogP contribution in [0.1, 0.15) is 6.92 Å². The summed E-state index contributed by atoms with van der Waals surface area (Å²) < 4.78 is 0. The van der Waals surface area contributed by atoms with E-state index in [4.69, 9.17) is 5.11 Å². The molecule has 6 heteroatoms. The van der Waals surface area contributed by atoms with Crippen LogP contribution in [-0.2, 0) is 9.59 Å². The first-order chi connectivity index (χ1) is 8.06. The average molecular weight is 252 g/mol. The van der Waals surface area contributed by atoms with E-state index in [0.29, 0.717) is 5.69 Å². The molecule has 17 heavy (non-hydrogen) atoms. The fourth-order valence-electron chi connectivity index (χ4n) is 1.50. The number of fused-ring (bicyclic) bond motifs is 1. The van der Waals surface area contributed by atoms with Crippen LogP contribution in [0.15, 0.2) is 23.1 Å². The Bertz CT molecular complexity index is 476. The monoisotopic (exact) mass is 252 g/mol. The summed E-state index contributed by atoms with van der Waals surface area (Å²) in [5, 5.41) is 14.0. The summed E-state index contributed by atoms with van der Waals surface area (Å²) in [6, 6.07) is 5.42. The molecule has 1 unspecified atom stereocenters. The Morgan fingerprint density at radius 2 is 2.35 bits per heavy atom. The van der Waals surface area contributed by atoms with Gasteiger partial charge in [-0.25, -0.2) is 0 Å². The first kappa shape index (κ1) is 11.8. The second-order valence-corrected chi connectivity index (χ2v) is 5.09. The largest absolute Gasteiger partial charge is 0.480 e. The van der Waals surface area contributed by atoms with Gasteiger partial charge in [0.25, 0.3) is 0 Å². The zero-order chi connectivity index (χ0) is 12.4. The number of hydrogen-bond donors (Lipinski definition) is 3. The Morgan fingerprint density at radius 3 is 3.06 bits per heavy atom. The smallest absolute Gasteiger partial charge is 0.322 e. The number of amides is 1. The number of rotatable bonds is 3. The van der Waals surface area contributed by atoms with E-state index in [1.807, 2.05) is 13.0 Å². The van der Waals surface area contributed by atoms with Crippen molar-refractivity contribution in [2.45, 2.75) is 17.1 Å². The first-order valence-corrected chi connectivity index (χ1v) is 6.01. The fraction of sp³-hybridized carbons (Fsp3) is 0.273. The van der Waals surface area contributed by atoms with Crippen molar-refractivity contribution in [3.05, 3.63) is 18.2 Å². The molecule has 1 aromatic carbocycles. The Labute approximate surface area is 103 Å². The molecule has 90 valence electrons. The highest BCUT2D eigenvalue weighted by Crippen LogP contribution is 2.36. The molecular formula is C11H12N2O3S. The quantitative estimate of drug-likeness (QED) is 0.761. The Kier molecular flexibility index (Phi) is 3.23. The topological polar surface area (TPSA) is 78.4 Å². The SMILES string of the molecule is CC1Sc2ccc(NCC(=O)O)cc2NC1=O. The number of thioether (sulfide) groups is 1. The van der Waals surface area contributed by atoms with E-state index in [1.54, 1.807) is 12.1 Å². The van der Waals surface area contributed by atoms with Crippen LogP contribution in [0.2, 0.25) is 0 Å². The second-order valence-electron chi connectivity index (χ2n) is 3.71. The maximum absolute atomic E-state index is 11.5. The van der Waals surface area contributed by atoms with E-state index in [0.717, 1.165) is 10.6 Å². The highest BCUT2D eigenvalue weighted by molar-refractivity contribution is 8.00. The third-order valence-corrected chi connectivity index (χ3v) is 3.53. The second kappa shape index (κ2) is 4.67. The van der Waals surface area contributed by atoms with Crippen molar-refractivity contribution in [2.24, 2.45) is 0 Å². The molecule has 0 saturated carbocycles. The molecule has 1 amide bonds. The molecule has 2 rings (SSSR count). The van der Waals surface area contributed by atoms with Crippen molar-refractivity contribution in [1.29, 1.82) is 0 Å². The van der Waals surface area contributed by atoms with Crippen molar-refractivity contribution in [3.63, 3.8) is 0 Å². The molecule has 5 nitrogen and oxygen atoms in total. The van der Waals surface area contributed by atoms with Crippen molar-refractivity contribution < 1.29 is 14.7 Å². The lowest BCUT2D eigenvalue weighted by atomic mass is 10.2. The molecule has 1 heterocycles. The van der Waals surface area contributed by atoms with Crippen molar-refractivity contribution in [3.8, 4) is 0 Å². The van der Waals surface area contributed by atoms with Gasteiger partial charge >= 0.3 is 5.97 Å². The van der Waals surface area contributed by atoms with E-state index in [9.17, 15) is 9.59 Å². The van der Waals surface area contributed by atoms with E-state index in [1.165, 1.54) is 11.8 Å². The molecule has 0 bridgehead atoms. The van der Waals surface area contributed by atoms with E-state index >= 15 is 0 Å². The fourth-order valence-corrected chi connectivity index (χ4v) is 2.43. The number of carbonyl (C=O) groups is 2. The first-order valence-electron chi connectivity index (χ1n) is 5.13.